The Hall–Kier alpha value is -0.770. The second-order valence-electron chi connectivity index (χ2n) is 5.56. The largest absolute Gasteiger partial charge is 0.471 e. The van der Waals surface area contributed by atoms with E-state index in [0.717, 1.165) is 31.8 Å². The molecule has 2 aliphatic rings. The van der Waals surface area contributed by atoms with Crippen molar-refractivity contribution in [2.75, 3.05) is 20.1 Å². The lowest BCUT2D eigenvalue weighted by atomic mass is 9.99. The second-order valence-corrected chi connectivity index (χ2v) is 5.56. The van der Waals surface area contributed by atoms with Crippen molar-refractivity contribution in [2.45, 2.75) is 45.8 Å². The van der Waals surface area contributed by atoms with Crippen LogP contribution in [0.5, 0.6) is 0 Å². The van der Waals surface area contributed by atoms with E-state index in [-0.39, 0.29) is 12.2 Å². The van der Waals surface area contributed by atoms with Gasteiger partial charge in [-0.2, -0.15) is 0 Å². The first-order valence-corrected chi connectivity index (χ1v) is 6.70. The molecule has 0 spiro atoms. The third kappa shape index (κ3) is 2.73. The zero-order valence-electron chi connectivity index (χ0n) is 11.3. The normalized spacial score (nSPS) is 34.4. The molecule has 0 aromatic rings. The summed E-state index contributed by atoms with van der Waals surface area (Å²) < 4.78 is 6.04. The number of nitrogens with zero attached hydrogens (tertiary/aromatic N) is 2. The molecule has 0 radical (unpaired) electrons. The van der Waals surface area contributed by atoms with Crippen LogP contribution in [0, 0.1) is 11.8 Å². The van der Waals surface area contributed by atoms with Gasteiger partial charge in [0.15, 0.2) is 6.10 Å². The van der Waals surface area contributed by atoms with Crippen LogP contribution in [0.15, 0.2) is 5.16 Å². The van der Waals surface area contributed by atoms with Gasteiger partial charge in [-0.1, -0.05) is 25.9 Å². The van der Waals surface area contributed by atoms with E-state index < -0.39 is 0 Å². The summed E-state index contributed by atoms with van der Waals surface area (Å²) in [6, 6.07) is 0. The van der Waals surface area contributed by atoms with Gasteiger partial charge in [0.05, 0.1) is 5.92 Å². The molecule has 4 heteroatoms. The minimum Gasteiger partial charge on any atom is -0.471 e. The third-order valence-electron chi connectivity index (χ3n) is 3.70. The van der Waals surface area contributed by atoms with E-state index in [1.165, 1.54) is 0 Å². The number of oxime groups is 1. The van der Waals surface area contributed by atoms with Crippen LogP contribution >= 0.6 is 0 Å². The molecule has 3 atom stereocenters. The SMILES string of the molecule is CCC1OC(C2CCN(C)C2)=NOC1C(C)C. The van der Waals surface area contributed by atoms with Crippen LogP contribution in [0.1, 0.15) is 33.6 Å². The van der Waals surface area contributed by atoms with Gasteiger partial charge in [-0.05, 0) is 32.4 Å². The highest BCUT2D eigenvalue weighted by Crippen LogP contribution is 2.26. The van der Waals surface area contributed by atoms with Gasteiger partial charge in [-0.25, -0.2) is 0 Å². The van der Waals surface area contributed by atoms with Crippen molar-refractivity contribution >= 4 is 5.90 Å². The van der Waals surface area contributed by atoms with E-state index in [9.17, 15) is 0 Å². The van der Waals surface area contributed by atoms with Gasteiger partial charge in [-0.3, -0.25) is 0 Å². The number of hydrogen-bond acceptors (Lipinski definition) is 4. The molecule has 98 valence electrons. The molecule has 17 heavy (non-hydrogen) atoms. The molecule has 0 N–H and O–H groups in total. The van der Waals surface area contributed by atoms with E-state index >= 15 is 0 Å². The van der Waals surface area contributed by atoms with Gasteiger partial charge in [0, 0.05) is 6.54 Å². The maximum absolute atomic E-state index is 6.04. The monoisotopic (exact) mass is 240 g/mol. The highest BCUT2D eigenvalue weighted by atomic mass is 16.7. The number of likely N-dealkylation sites (tertiary alicyclic amines) is 1. The highest BCUT2D eigenvalue weighted by Gasteiger charge is 2.36. The lowest BCUT2D eigenvalue weighted by molar-refractivity contribution is -0.0874. The molecular weight excluding hydrogens is 216 g/mol. The molecule has 1 saturated heterocycles. The minimum atomic E-state index is 0.0999. The molecule has 3 unspecified atom stereocenters. The lowest BCUT2D eigenvalue weighted by Crippen LogP contribution is -2.41. The molecule has 2 heterocycles. The molecule has 1 fully saturated rings. The third-order valence-corrected chi connectivity index (χ3v) is 3.70. The standard InChI is InChI=1S/C13H24N2O2/c1-5-11-12(9(2)3)17-14-13(16-11)10-6-7-15(4)8-10/h9-12H,5-8H2,1-4H3. The Bertz CT molecular complexity index is 291. The summed E-state index contributed by atoms with van der Waals surface area (Å²) in [5.74, 6) is 1.68. The Morgan fingerprint density at radius 3 is 2.76 bits per heavy atom. The van der Waals surface area contributed by atoms with E-state index in [2.05, 4.69) is 37.9 Å². The van der Waals surface area contributed by atoms with Gasteiger partial charge in [0.1, 0.15) is 6.10 Å². The minimum absolute atomic E-state index is 0.0999. The predicted molar refractivity (Wildman–Crippen MR) is 67.9 cm³/mol. The van der Waals surface area contributed by atoms with Crippen LogP contribution < -0.4 is 0 Å². The van der Waals surface area contributed by atoms with Crippen molar-refractivity contribution in [3.05, 3.63) is 0 Å². The molecule has 2 rings (SSSR count). The maximum atomic E-state index is 6.04. The van der Waals surface area contributed by atoms with Crippen molar-refractivity contribution in [1.82, 2.24) is 4.90 Å². The van der Waals surface area contributed by atoms with Gasteiger partial charge >= 0.3 is 0 Å². The Morgan fingerprint density at radius 2 is 2.24 bits per heavy atom. The van der Waals surface area contributed by atoms with E-state index in [1.807, 2.05) is 0 Å². The molecule has 0 bridgehead atoms. The van der Waals surface area contributed by atoms with Crippen LogP contribution in [0.3, 0.4) is 0 Å². The average Bonchev–Trinajstić information content (AvgIpc) is 2.75. The van der Waals surface area contributed by atoms with Gasteiger partial charge in [-0.15, -0.1) is 0 Å². The quantitative estimate of drug-likeness (QED) is 0.757. The van der Waals surface area contributed by atoms with Crippen molar-refractivity contribution in [2.24, 2.45) is 17.0 Å². The maximum Gasteiger partial charge on any atom is 0.230 e. The van der Waals surface area contributed by atoms with Crippen LogP contribution in [0.25, 0.3) is 0 Å². The summed E-state index contributed by atoms with van der Waals surface area (Å²) in [4.78, 5) is 7.96. The Kier molecular flexibility index (Phi) is 3.92. The van der Waals surface area contributed by atoms with Gasteiger partial charge in [0.25, 0.3) is 0 Å². The fourth-order valence-electron chi connectivity index (χ4n) is 2.60. The first-order chi connectivity index (χ1) is 8.11. The first-order valence-electron chi connectivity index (χ1n) is 6.70. The molecule has 0 amide bonds. The fraction of sp³-hybridized carbons (Fsp3) is 0.923. The molecule has 0 aliphatic carbocycles. The van der Waals surface area contributed by atoms with Crippen LogP contribution in [0.4, 0.5) is 0 Å². The summed E-state index contributed by atoms with van der Waals surface area (Å²) in [5, 5.41) is 4.21. The van der Waals surface area contributed by atoms with Gasteiger partial charge < -0.3 is 14.5 Å². The fourth-order valence-corrected chi connectivity index (χ4v) is 2.60. The summed E-state index contributed by atoms with van der Waals surface area (Å²) in [6.45, 7) is 8.61. The predicted octanol–water partition coefficient (Wildman–Crippen LogP) is 2.10. The summed E-state index contributed by atoms with van der Waals surface area (Å²) >= 11 is 0. The topological polar surface area (TPSA) is 34.1 Å². The van der Waals surface area contributed by atoms with Crippen molar-refractivity contribution in [3.63, 3.8) is 0 Å². The van der Waals surface area contributed by atoms with Crippen molar-refractivity contribution in [1.29, 1.82) is 0 Å². The van der Waals surface area contributed by atoms with Crippen LogP contribution in [-0.2, 0) is 9.57 Å². The van der Waals surface area contributed by atoms with Crippen molar-refractivity contribution < 1.29 is 9.57 Å². The summed E-state index contributed by atoms with van der Waals surface area (Å²) in [6.07, 6.45) is 2.36. The van der Waals surface area contributed by atoms with Gasteiger partial charge in [0.2, 0.25) is 5.90 Å². The number of ether oxygens (including phenoxy) is 1. The summed E-state index contributed by atoms with van der Waals surface area (Å²) in [5.41, 5.74) is 0. The van der Waals surface area contributed by atoms with E-state index in [0.29, 0.717) is 11.8 Å². The Labute approximate surface area is 104 Å². The van der Waals surface area contributed by atoms with Crippen LogP contribution in [0.2, 0.25) is 0 Å². The molecular formula is C13H24N2O2. The molecule has 0 saturated carbocycles. The Balaban J connectivity index is 2.02. The van der Waals surface area contributed by atoms with Crippen LogP contribution in [-0.4, -0.2) is 43.1 Å². The molecule has 0 aromatic heterocycles. The number of hydrogen-bond donors (Lipinski definition) is 0. The van der Waals surface area contributed by atoms with E-state index in [1.54, 1.807) is 0 Å². The average molecular weight is 240 g/mol. The Morgan fingerprint density at radius 1 is 1.47 bits per heavy atom. The number of rotatable bonds is 3. The summed E-state index contributed by atoms with van der Waals surface area (Å²) in [7, 11) is 2.14. The smallest absolute Gasteiger partial charge is 0.230 e. The molecule has 4 nitrogen and oxygen atoms in total. The lowest BCUT2D eigenvalue weighted by Gasteiger charge is -2.33. The zero-order chi connectivity index (χ0) is 12.4. The molecule has 0 aromatic carbocycles. The van der Waals surface area contributed by atoms with E-state index in [4.69, 9.17) is 9.57 Å². The van der Waals surface area contributed by atoms with Crippen molar-refractivity contribution in [3.8, 4) is 0 Å². The second kappa shape index (κ2) is 5.25. The zero-order valence-corrected chi connectivity index (χ0v) is 11.3. The molecule has 2 aliphatic heterocycles. The highest BCUT2D eigenvalue weighted by molar-refractivity contribution is 5.79. The first kappa shape index (κ1) is 12.7.